The molecule has 2 saturated heterocycles. The molecule has 0 saturated carbocycles. The lowest BCUT2D eigenvalue weighted by Gasteiger charge is -2.39. The molecule has 1 N–H and O–H groups in total. The van der Waals surface area contributed by atoms with Crippen LogP contribution < -0.4 is 10.5 Å². The predicted octanol–water partition coefficient (Wildman–Crippen LogP) is 5.92. The third kappa shape index (κ3) is 6.09. The maximum Gasteiger partial charge on any atom is 0.272 e. The number of nitrogens with zero attached hydrogens (tertiary/aromatic N) is 3. The van der Waals surface area contributed by atoms with E-state index >= 15 is 0 Å². The molecule has 6 nitrogen and oxygen atoms in total. The first-order valence-electron chi connectivity index (χ1n) is 14.5. The molecule has 7 heteroatoms. The Bertz CT molecular complexity index is 1590. The van der Waals surface area contributed by atoms with E-state index in [0.29, 0.717) is 17.3 Å². The number of anilines is 1. The van der Waals surface area contributed by atoms with E-state index in [0.717, 1.165) is 74.1 Å². The number of piperidine rings is 1. The van der Waals surface area contributed by atoms with Gasteiger partial charge < -0.3 is 14.8 Å². The highest BCUT2D eigenvalue weighted by atomic mass is 35.5. The average Bonchev–Trinajstić information content (AvgIpc) is 3.01. The van der Waals surface area contributed by atoms with E-state index in [1.165, 1.54) is 5.56 Å². The van der Waals surface area contributed by atoms with Gasteiger partial charge >= 0.3 is 0 Å². The maximum atomic E-state index is 13.7. The topological polar surface area (TPSA) is 59.7 Å². The summed E-state index contributed by atoms with van der Waals surface area (Å²) in [4.78, 5) is 36.9. The van der Waals surface area contributed by atoms with Gasteiger partial charge in [-0.05, 0) is 42.2 Å². The van der Waals surface area contributed by atoms with Gasteiger partial charge in [0.2, 0.25) is 5.91 Å². The van der Waals surface area contributed by atoms with E-state index in [2.05, 4.69) is 39.1 Å². The number of H-pyrrole nitrogens is 1. The van der Waals surface area contributed by atoms with E-state index < -0.39 is 0 Å². The van der Waals surface area contributed by atoms with Gasteiger partial charge in [-0.1, -0.05) is 84.4 Å². The minimum absolute atomic E-state index is 0.133. The van der Waals surface area contributed by atoms with Crippen LogP contribution in [0.25, 0.3) is 28.1 Å². The van der Waals surface area contributed by atoms with Crippen LogP contribution in [0.1, 0.15) is 18.4 Å². The third-order valence-corrected chi connectivity index (χ3v) is 8.49. The fraction of sp³-hybridized carbons (Fsp3) is 0.294. The van der Waals surface area contributed by atoms with Crippen LogP contribution in [0.2, 0.25) is 5.02 Å². The van der Waals surface area contributed by atoms with E-state index in [9.17, 15) is 9.59 Å². The van der Waals surface area contributed by atoms with Crippen molar-refractivity contribution in [2.24, 2.45) is 5.92 Å². The number of nitrogens with one attached hydrogen (secondary N) is 1. The minimum atomic E-state index is -0.135. The van der Waals surface area contributed by atoms with Crippen molar-refractivity contribution < 1.29 is 4.79 Å². The summed E-state index contributed by atoms with van der Waals surface area (Å²) in [6.45, 7) is 5.35. The van der Waals surface area contributed by atoms with Crippen LogP contribution in [0.5, 0.6) is 0 Å². The molecule has 3 heterocycles. The first-order chi connectivity index (χ1) is 20.1. The molecule has 2 fully saturated rings. The SMILES string of the molecule is O=C(C1CCCN(c2c(-c3ccccc3)c3cc(Cl)ccc3[nH]c2=O)C1)N1CCN(C/C=C/c2ccccc2)CC1. The number of carbonyl (C=O) groups excluding carboxylic acids is 1. The molecule has 210 valence electrons. The molecule has 1 unspecified atom stereocenters. The van der Waals surface area contributed by atoms with Crippen molar-refractivity contribution >= 4 is 40.2 Å². The summed E-state index contributed by atoms with van der Waals surface area (Å²) in [6.07, 6.45) is 6.06. The van der Waals surface area contributed by atoms with Crippen LogP contribution >= 0.6 is 11.6 Å². The van der Waals surface area contributed by atoms with Gasteiger partial charge in [-0.2, -0.15) is 0 Å². The van der Waals surface area contributed by atoms with Crippen LogP contribution in [-0.2, 0) is 4.79 Å². The number of aromatic amines is 1. The van der Waals surface area contributed by atoms with Crippen LogP contribution in [0, 0.1) is 5.92 Å². The van der Waals surface area contributed by atoms with Gasteiger partial charge in [-0.3, -0.25) is 14.5 Å². The molecule has 0 aliphatic carbocycles. The number of hydrogen-bond donors (Lipinski definition) is 1. The van der Waals surface area contributed by atoms with Crippen LogP contribution in [0.3, 0.4) is 0 Å². The zero-order chi connectivity index (χ0) is 28.2. The highest BCUT2D eigenvalue weighted by Crippen LogP contribution is 2.37. The first-order valence-corrected chi connectivity index (χ1v) is 14.8. The molecular weight excluding hydrogens is 532 g/mol. The van der Waals surface area contributed by atoms with Gasteiger partial charge in [-0.15, -0.1) is 0 Å². The summed E-state index contributed by atoms with van der Waals surface area (Å²) in [6, 6.07) is 25.9. The van der Waals surface area contributed by atoms with E-state index in [-0.39, 0.29) is 17.4 Å². The molecule has 0 spiro atoms. The minimum Gasteiger partial charge on any atom is -0.366 e. The van der Waals surface area contributed by atoms with Crippen molar-refractivity contribution in [1.82, 2.24) is 14.8 Å². The number of rotatable bonds is 6. The molecule has 1 amide bonds. The van der Waals surface area contributed by atoms with Crippen LogP contribution in [0.15, 0.2) is 89.7 Å². The van der Waals surface area contributed by atoms with Gasteiger partial charge in [0.15, 0.2) is 0 Å². The normalized spacial score (nSPS) is 18.3. The standard InChI is InChI=1S/C34H35ClN4O2/c35-28-15-16-30-29(23-28)31(26-12-5-2-6-13-26)32(33(40)36-30)39-18-8-14-27(24-39)34(41)38-21-19-37(20-22-38)17-7-11-25-9-3-1-4-10-25/h1-7,9-13,15-16,23,27H,8,14,17-22,24H2,(H,36,40)/b11-7+. The number of benzene rings is 3. The summed E-state index contributed by atoms with van der Waals surface area (Å²) >= 11 is 6.41. The van der Waals surface area contributed by atoms with E-state index in [4.69, 9.17) is 11.6 Å². The Hall–Kier alpha value is -3.87. The van der Waals surface area contributed by atoms with E-state index in [1.54, 1.807) is 6.07 Å². The number of pyridine rings is 1. The number of fused-ring (bicyclic) bond motifs is 1. The number of amides is 1. The molecule has 0 bridgehead atoms. The summed E-state index contributed by atoms with van der Waals surface area (Å²) in [5, 5.41) is 1.53. The Kier molecular flexibility index (Phi) is 8.21. The second-order valence-corrected chi connectivity index (χ2v) is 11.4. The highest BCUT2D eigenvalue weighted by Gasteiger charge is 2.33. The molecule has 41 heavy (non-hydrogen) atoms. The monoisotopic (exact) mass is 566 g/mol. The zero-order valence-electron chi connectivity index (χ0n) is 23.1. The molecular formula is C34H35ClN4O2. The third-order valence-electron chi connectivity index (χ3n) is 8.26. The lowest BCUT2D eigenvalue weighted by molar-refractivity contribution is -0.137. The van der Waals surface area contributed by atoms with Crippen molar-refractivity contribution in [2.75, 3.05) is 50.7 Å². The molecule has 2 aliphatic rings. The lowest BCUT2D eigenvalue weighted by Crippen LogP contribution is -2.52. The molecule has 1 aromatic heterocycles. The fourth-order valence-electron chi connectivity index (χ4n) is 6.15. The fourth-order valence-corrected chi connectivity index (χ4v) is 6.32. The molecule has 0 radical (unpaired) electrons. The van der Waals surface area contributed by atoms with Crippen LogP contribution in [0.4, 0.5) is 5.69 Å². The van der Waals surface area contributed by atoms with E-state index in [1.807, 2.05) is 65.6 Å². The van der Waals surface area contributed by atoms with Gasteiger partial charge in [0.05, 0.1) is 5.92 Å². The average molecular weight is 567 g/mol. The van der Waals surface area contributed by atoms with Crippen molar-refractivity contribution in [1.29, 1.82) is 0 Å². The molecule has 1 atom stereocenters. The summed E-state index contributed by atoms with van der Waals surface area (Å²) < 4.78 is 0. The van der Waals surface area contributed by atoms with Crippen molar-refractivity contribution in [3.05, 3.63) is 106 Å². The molecule has 3 aromatic carbocycles. The first kappa shape index (κ1) is 27.3. The second kappa shape index (κ2) is 12.3. The molecule has 2 aliphatic heterocycles. The number of hydrogen-bond acceptors (Lipinski definition) is 4. The summed E-state index contributed by atoms with van der Waals surface area (Å²) in [5.41, 5.74) is 4.28. The molecule has 4 aromatic rings. The van der Waals surface area contributed by atoms with Crippen LogP contribution in [-0.4, -0.2) is 66.5 Å². The second-order valence-electron chi connectivity index (χ2n) is 11.0. The number of carbonyl (C=O) groups is 1. The quantitative estimate of drug-likeness (QED) is 0.315. The summed E-state index contributed by atoms with van der Waals surface area (Å²) in [7, 11) is 0. The number of aromatic nitrogens is 1. The highest BCUT2D eigenvalue weighted by molar-refractivity contribution is 6.31. The summed E-state index contributed by atoms with van der Waals surface area (Å²) in [5.74, 6) is 0.0714. The molecule has 6 rings (SSSR count). The smallest absolute Gasteiger partial charge is 0.272 e. The largest absolute Gasteiger partial charge is 0.366 e. The van der Waals surface area contributed by atoms with Gasteiger partial charge in [0, 0.05) is 67.3 Å². The van der Waals surface area contributed by atoms with Gasteiger partial charge in [0.1, 0.15) is 5.69 Å². The maximum absolute atomic E-state index is 13.7. The number of piperazine rings is 1. The Morgan fingerprint density at radius 2 is 1.66 bits per heavy atom. The lowest BCUT2D eigenvalue weighted by atomic mass is 9.93. The van der Waals surface area contributed by atoms with Crippen molar-refractivity contribution in [2.45, 2.75) is 12.8 Å². The Labute approximate surface area is 245 Å². The van der Waals surface area contributed by atoms with Crippen molar-refractivity contribution in [3.8, 4) is 11.1 Å². The van der Waals surface area contributed by atoms with Gasteiger partial charge in [-0.25, -0.2) is 0 Å². The zero-order valence-corrected chi connectivity index (χ0v) is 23.9. The predicted molar refractivity (Wildman–Crippen MR) is 168 cm³/mol. The Balaban J connectivity index is 1.17. The number of halogens is 1. The Morgan fingerprint density at radius 3 is 2.41 bits per heavy atom. The van der Waals surface area contributed by atoms with Crippen molar-refractivity contribution in [3.63, 3.8) is 0 Å². The van der Waals surface area contributed by atoms with Gasteiger partial charge in [0.25, 0.3) is 5.56 Å². The Morgan fingerprint density at radius 1 is 0.927 bits per heavy atom.